The number of nitrogens with one attached hydrogen (secondary N) is 1. The molecule has 0 aliphatic carbocycles. The molecule has 1 unspecified atom stereocenters. The first-order valence-electron chi connectivity index (χ1n) is 6.54. The number of nitrogens with zero attached hydrogens (tertiary/aromatic N) is 1. The van der Waals surface area contributed by atoms with E-state index in [1.54, 1.807) is 18.2 Å². The van der Waals surface area contributed by atoms with Gasteiger partial charge in [-0.15, -0.1) is 0 Å². The predicted molar refractivity (Wildman–Crippen MR) is 84.2 cm³/mol. The van der Waals surface area contributed by atoms with Crippen LogP contribution in [0.2, 0.25) is 10.0 Å². The number of rotatable bonds is 3. The van der Waals surface area contributed by atoms with Gasteiger partial charge in [0, 0.05) is 16.5 Å². The van der Waals surface area contributed by atoms with Crippen LogP contribution in [0.1, 0.15) is 11.1 Å². The largest absolute Gasteiger partial charge is 0.488 e. The van der Waals surface area contributed by atoms with Crippen molar-refractivity contribution in [3.05, 3.63) is 57.6 Å². The molecule has 1 aliphatic rings. The Bertz CT molecular complexity index is 725. The Morgan fingerprint density at radius 3 is 2.76 bits per heavy atom. The van der Waals surface area contributed by atoms with Gasteiger partial charge in [0.1, 0.15) is 17.9 Å². The first-order valence-corrected chi connectivity index (χ1v) is 7.30. The molecular weight excluding hydrogens is 307 g/mol. The lowest BCUT2D eigenvalue weighted by atomic mass is 10.1. The van der Waals surface area contributed by atoms with E-state index >= 15 is 0 Å². The van der Waals surface area contributed by atoms with Crippen molar-refractivity contribution in [2.24, 2.45) is 0 Å². The zero-order chi connectivity index (χ0) is 14.8. The summed E-state index contributed by atoms with van der Waals surface area (Å²) in [7, 11) is 0. The minimum Gasteiger partial charge on any atom is -0.488 e. The van der Waals surface area contributed by atoms with E-state index in [4.69, 9.17) is 33.2 Å². The van der Waals surface area contributed by atoms with E-state index in [0.29, 0.717) is 22.2 Å². The number of halogens is 2. The number of anilines is 1. The van der Waals surface area contributed by atoms with Gasteiger partial charge in [0.15, 0.2) is 0 Å². The van der Waals surface area contributed by atoms with Gasteiger partial charge in [0.25, 0.3) is 0 Å². The number of fused-ring (bicyclic) bond motifs is 1. The van der Waals surface area contributed by atoms with Crippen LogP contribution in [0.5, 0.6) is 5.75 Å². The van der Waals surface area contributed by atoms with Crippen molar-refractivity contribution in [2.75, 3.05) is 11.9 Å². The lowest BCUT2D eigenvalue weighted by Gasteiger charge is -2.14. The average Bonchev–Trinajstić information content (AvgIpc) is 2.87. The highest BCUT2D eigenvalue weighted by Gasteiger charge is 2.23. The van der Waals surface area contributed by atoms with Crippen LogP contribution in [-0.2, 0) is 6.42 Å². The molecule has 1 heterocycles. The molecule has 5 heteroatoms. The SMILES string of the molecule is N#Cc1ccc(Cl)cc1NCC1Cc2cc(Cl)ccc2O1. The Hall–Kier alpha value is -1.89. The Kier molecular flexibility index (Phi) is 3.92. The Labute approximate surface area is 133 Å². The van der Waals surface area contributed by atoms with Gasteiger partial charge in [-0.05, 0) is 42.0 Å². The molecule has 0 amide bonds. The summed E-state index contributed by atoms with van der Waals surface area (Å²) in [5.41, 5.74) is 2.40. The second kappa shape index (κ2) is 5.85. The summed E-state index contributed by atoms with van der Waals surface area (Å²) in [6.45, 7) is 0.599. The summed E-state index contributed by atoms with van der Waals surface area (Å²) >= 11 is 11.9. The third kappa shape index (κ3) is 3.07. The number of nitriles is 1. The van der Waals surface area contributed by atoms with Crippen molar-refractivity contribution in [1.82, 2.24) is 0 Å². The molecule has 1 aliphatic heterocycles. The lowest BCUT2D eigenvalue weighted by Crippen LogP contribution is -2.24. The van der Waals surface area contributed by atoms with Gasteiger partial charge in [0.2, 0.25) is 0 Å². The highest BCUT2D eigenvalue weighted by molar-refractivity contribution is 6.31. The molecule has 2 aromatic carbocycles. The van der Waals surface area contributed by atoms with Crippen molar-refractivity contribution < 1.29 is 4.74 Å². The summed E-state index contributed by atoms with van der Waals surface area (Å²) in [6, 6.07) is 12.9. The first-order chi connectivity index (χ1) is 10.2. The molecule has 0 bridgehead atoms. The maximum Gasteiger partial charge on any atom is 0.123 e. The molecule has 0 saturated heterocycles. The molecule has 2 aromatic rings. The van der Waals surface area contributed by atoms with Crippen LogP contribution in [-0.4, -0.2) is 12.6 Å². The molecule has 3 nitrogen and oxygen atoms in total. The van der Waals surface area contributed by atoms with Crippen LogP contribution < -0.4 is 10.1 Å². The zero-order valence-electron chi connectivity index (χ0n) is 11.1. The van der Waals surface area contributed by atoms with E-state index < -0.39 is 0 Å². The molecule has 0 saturated carbocycles. The summed E-state index contributed by atoms with van der Waals surface area (Å²) in [6.07, 6.45) is 0.815. The lowest BCUT2D eigenvalue weighted by molar-refractivity contribution is 0.246. The summed E-state index contributed by atoms with van der Waals surface area (Å²) in [4.78, 5) is 0. The van der Waals surface area contributed by atoms with Crippen LogP contribution in [0.4, 0.5) is 5.69 Å². The van der Waals surface area contributed by atoms with E-state index in [9.17, 15) is 0 Å². The van der Waals surface area contributed by atoms with Gasteiger partial charge in [-0.3, -0.25) is 0 Å². The fourth-order valence-electron chi connectivity index (χ4n) is 2.39. The molecule has 0 fully saturated rings. The quantitative estimate of drug-likeness (QED) is 0.918. The summed E-state index contributed by atoms with van der Waals surface area (Å²) in [5.74, 6) is 0.873. The third-order valence-corrected chi connectivity index (χ3v) is 3.86. The van der Waals surface area contributed by atoms with Gasteiger partial charge >= 0.3 is 0 Å². The van der Waals surface area contributed by atoms with Crippen molar-refractivity contribution in [2.45, 2.75) is 12.5 Å². The maximum absolute atomic E-state index is 9.09. The second-order valence-corrected chi connectivity index (χ2v) is 5.75. The van der Waals surface area contributed by atoms with Gasteiger partial charge in [-0.2, -0.15) is 5.26 Å². The van der Waals surface area contributed by atoms with Crippen LogP contribution >= 0.6 is 23.2 Å². The predicted octanol–water partition coefficient (Wildman–Crippen LogP) is 4.28. The monoisotopic (exact) mass is 318 g/mol. The van der Waals surface area contributed by atoms with Crippen LogP contribution in [0, 0.1) is 11.3 Å². The Morgan fingerprint density at radius 1 is 1.19 bits per heavy atom. The molecule has 21 heavy (non-hydrogen) atoms. The van der Waals surface area contributed by atoms with E-state index in [1.807, 2.05) is 18.2 Å². The van der Waals surface area contributed by atoms with Crippen molar-refractivity contribution in [3.8, 4) is 11.8 Å². The molecule has 1 atom stereocenters. The van der Waals surface area contributed by atoms with Crippen molar-refractivity contribution in [1.29, 1.82) is 5.26 Å². The molecule has 0 aromatic heterocycles. The van der Waals surface area contributed by atoms with Gasteiger partial charge in [-0.1, -0.05) is 23.2 Å². The van der Waals surface area contributed by atoms with Crippen LogP contribution in [0.3, 0.4) is 0 Å². The summed E-state index contributed by atoms with van der Waals surface area (Å²) < 4.78 is 5.85. The number of benzene rings is 2. The zero-order valence-corrected chi connectivity index (χ0v) is 12.6. The Morgan fingerprint density at radius 2 is 1.95 bits per heavy atom. The standard InChI is InChI=1S/C16H12Cl2N2O/c17-12-3-4-16-11(5-12)6-14(21-16)9-20-15-7-13(18)2-1-10(15)8-19/h1-5,7,14,20H,6,9H2. The van der Waals surface area contributed by atoms with Crippen LogP contribution in [0.25, 0.3) is 0 Å². The minimum atomic E-state index is 0.0176. The minimum absolute atomic E-state index is 0.0176. The van der Waals surface area contributed by atoms with E-state index in [2.05, 4.69) is 11.4 Å². The van der Waals surface area contributed by atoms with E-state index in [1.165, 1.54) is 0 Å². The average molecular weight is 319 g/mol. The van der Waals surface area contributed by atoms with E-state index in [-0.39, 0.29) is 6.10 Å². The number of hydrogen-bond donors (Lipinski definition) is 1. The van der Waals surface area contributed by atoms with Gasteiger partial charge in [0.05, 0.1) is 17.8 Å². The van der Waals surface area contributed by atoms with Crippen molar-refractivity contribution >= 4 is 28.9 Å². The highest BCUT2D eigenvalue weighted by Crippen LogP contribution is 2.31. The number of hydrogen-bond acceptors (Lipinski definition) is 3. The molecular formula is C16H12Cl2N2O. The fraction of sp³-hybridized carbons (Fsp3) is 0.188. The number of ether oxygens (including phenoxy) is 1. The Balaban J connectivity index is 1.68. The highest BCUT2D eigenvalue weighted by atomic mass is 35.5. The molecule has 0 radical (unpaired) electrons. The van der Waals surface area contributed by atoms with Crippen LogP contribution in [0.15, 0.2) is 36.4 Å². The molecule has 0 spiro atoms. The normalized spacial score (nSPS) is 16.0. The molecule has 1 N–H and O–H groups in total. The smallest absolute Gasteiger partial charge is 0.123 e. The molecule has 106 valence electrons. The summed E-state index contributed by atoms with van der Waals surface area (Å²) in [5, 5.41) is 13.6. The topological polar surface area (TPSA) is 45.0 Å². The second-order valence-electron chi connectivity index (χ2n) is 4.88. The van der Waals surface area contributed by atoms with Crippen molar-refractivity contribution in [3.63, 3.8) is 0 Å². The van der Waals surface area contributed by atoms with Gasteiger partial charge < -0.3 is 10.1 Å². The van der Waals surface area contributed by atoms with E-state index in [0.717, 1.165) is 23.4 Å². The fourth-order valence-corrected chi connectivity index (χ4v) is 2.75. The van der Waals surface area contributed by atoms with Gasteiger partial charge in [-0.25, -0.2) is 0 Å². The maximum atomic E-state index is 9.09. The first kappa shape index (κ1) is 14.1. The third-order valence-electron chi connectivity index (χ3n) is 3.39. The molecule has 3 rings (SSSR count).